The van der Waals surface area contributed by atoms with Crippen LogP contribution in [0.5, 0.6) is 0 Å². The molecule has 0 unspecified atom stereocenters. The van der Waals surface area contributed by atoms with Crippen molar-refractivity contribution in [3.8, 4) is 0 Å². The minimum atomic E-state index is 0.0508. The lowest BCUT2D eigenvalue weighted by atomic mass is 9.97. The minimum Gasteiger partial charge on any atom is -0.399 e. The van der Waals surface area contributed by atoms with Gasteiger partial charge in [0.2, 0.25) is 5.91 Å². The van der Waals surface area contributed by atoms with Crippen LogP contribution in [-0.4, -0.2) is 49.1 Å². The highest BCUT2D eigenvalue weighted by molar-refractivity contribution is 6.11. The summed E-state index contributed by atoms with van der Waals surface area (Å²) in [6.07, 6.45) is 2.83. The molecule has 1 saturated heterocycles. The molecule has 0 aromatic heterocycles. The Morgan fingerprint density at radius 3 is 2.37 bits per heavy atom. The van der Waals surface area contributed by atoms with Crippen LogP contribution in [0.1, 0.15) is 40.5 Å². The van der Waals surface area contributed by atoms with E-state index in [0.29, 0.717) is 49.5 Å². The van der Waals surface area contributed by atoms with Gasteiger partial charge in [0, 0.05) is 38.2 Å². The zero-order valence-corrected chi connectivity index (χ0v) is 19.0. The van der Waals surface area contributed by atoms with Gasteiger partial charge < -0.3 is 20.8 Å². The van der Waals surface area contributed by atoms with Crippen molar-refractivity contribution in [2.45, 2.75) is 40.5 Å². The third-order valence-corrected chi connectivity index (χ3v) is 4.62. The van der Waals surface area contributed by atoms with Crippen LogP contribution in [0.4, 0.5) is 0 Å². The average molecular weight is 414 g/mol. The van der Waals surface area contributed by atoms with Crippen molar-refractivity contribution in [1.29, 1.82) is 0 Å². The van der Waals surface area contributed by atoms with Crippen LogP contribution in [0.25, 0.3) is 0 Å². The molecular formula is C23H35N5O2. The molecule has 0 aliphatic carbocycles. The number of carbonyl (C=O) groups is 1. The smallest absolute Gasteiger partial charge is 0.221 e. The summed E-state index contributed by atoms with van der Waals surface area (Å²) < 4.78 is 0. The third kappa shape index (κ3) is 7.06. The van der Waals surface area contributed by atoms with Gasteiger partial charge in [-0.15, -0.1) is 0 Å². The molecule has 164 valence electrons. The molecule has 0 aromatic carbocycles. The Balaban J connectivity index is 3.33. The van der Waals surface area contributed by atoms with Gasteiger partial charge in [0.05, 0.1) is 5.70 Å². The topological polar surface area (TPSA) is 92.3 Å². The summed E-state index contributed by atoms with van der Waals surface area (Å²) in [4.78, 5) is 23.6. The number of oxime groups is 1. The summed E-state index contributed by atoms with van der Waals surface area (Å²) in [5.41, 5.74) is 11.4. The molecule has 0 aromatic rings. The highest BCUT2D eigenvalue weighted by Crippen LogP contribution is 2.24. The summed E-state index contributed by atoms with van der Waals surface area (Å²) in [6, 6.07) is 0. The van der Waals surface area contributed by atoms with Crippen LogP contribution in [0.15, 0.2) is 69.6 Å². The van der Waals surface area contributed by atoms with Crippen molar-refractivity contribution in [2.75, 3.05) is 26.7 Å². The molecule has 0 radical (unpaired) electrons. The van der Waals surface area contributed by atoms with E-state index in [-0.39, 0.29) is 5.91 Å². The van der Waals surface area contributed by atoms with Crippen LogP contribution < -0.4 is 11.1 Å². The van der Waals surface area contributed by atoms with Gasteiger partial charge in [-0.2, -0.15) is 0 Å². The van der Waals surface area contributed by atoms with E-state index < -0.39 is 0 Å². The molecule has 0 bridgehead atoms. The Labute approximate surface area is 180 Å². The van der Waals surface area contributed by atoms with E-state index in [2.05, 4.69) is 35.1 Å². The molecule has 1 rings (SSSR count). The second-order valence-corrected chi connectivity index (χ2v) is 7.33. The van der Waals surface area contributed by atoms with Gasteiger partial charge in [0.1, 0.15) is 18.7 Å². The van der Waals surface area contributed by atoms with Crippen molar-refractivity contribution in [3.63, 3.8) is 0 Å². The summed E-state index contributed by atoms with van der Waals surface area (Å²) in [6.45, 7) is 21.5. The first-order chi connectivity index (χ1) is 14.1. The molecule has 0 atom stereocenters. The molecule has 1 amide bonds. The SMILES string of the molecule is C=C(C)C(=N/C(=C\C)C/C(C(=C)C)=C(N)/C(=N/OC)C(=C)C)N1CCNC(=O)CC1. The molecule has 1 aliphatic rings. The summed E-state index contributed by atoms with van der Waals surface area (Å²) >= 11 is 0. The molecule has 0 saturated carbocycles. The number of nitrogens with zero attached hydrogens (tertiary/aromatic N) is 3. The normalized spacial score (nSPS) is 17.0. The summed E-state index contributed by atoms with van der Waals surface area (Å²) in [7, 11) is 1.47. The number of hydrogen-bond donors (Lipinski definition) is 2. The van der Waals surface area contributed by atoms with Crippen molar-refractivity contribution in [1.82, 2.24) is 10.2 Å². The Bertz CT molecular complexity index is 831. The van der Waals surface area contributed by atoms with Crippen LogP contribution in [0, 0.1) is 0 Å². The second-order valence-electron chi connectivity index (χ2n) is 7.33. The predicted molar refractivity (Wildman–Crippen MR) is 125 cm³/mol. The maximum absolute atomic E-state index is 11.7. The molecule has 7 heteroatoms. The lowest BCUT2D eigenvalue weighted by Crippen LogP contribution is -2.35. The zero-order chi connectivity index (χ0) is 22.8. The predicted octanol–water partition coefficient (Wildman–Crippen LogP) is 3.44. The van der Waals surface area contributed by atoms with Gasteiger partial charge in [-0.3, -0.25) is 4.79 Å². The van der Waals surface area contributed by atoms with E-state index in [4.69, 9.17) is 15.6 Å². The van der Waals surface area contributed by atoms with E-state index in [0.717, 1.165) is 28.3 Å². The molecular weight excluding hydrogens is 378 g/mol. The maximum Gasteiger partial charge on any atom is 0.221 e. The standard InChI is InChI=1S/C23H35N5O2/c1-9-18(14-19(15(2)3)21(24)22(16(4)5)27-30-8)26-23(17(6)7)28-12-10-20(29)25-11-13-28/h9H,2,4,6,10-14,24H2,1,3,5,7-8H3,(H,25,29)/b18-9-,21-19+,26-23?,27-22+. The third-order valence-electron chi connectivity index (χ3n) is 4.62. The first kappa shape index (κ1) is 24.9. The Kier molecular flexibility index (Phi) is 9.81. The van der Waals surface area contributed by atoms with Gasteiger partial charge in [-0.1, -0.05) is 36.5 Å². The highest BCUT2D eigenvalue weighted by atomic mass is 16.6. The first-order valence-electron chi connectivity index (χ1n) is 9.95. The lowest BCUT2D eigenvalue weighted by Gasteiger charge is -2.24. The van der Waals surface area contributed by atoms with E-state index in [9.17, 15) is 4.79 Å². The number of hydrogen-bond acceptors (Lipinski definition) is 5. The highest BCUT2D eigenvalue weighted by Gasteiger charge is 2.19. The average Bonchev–Trinajstić information content (AvgIpc) is 2.89. The van der Waals surface area contributed by atoms with Gasteiger partial charge >= 0.3 is 0 Å². The molecule has 1 aliphatic heterocycles. The largest absolute Gasteiger partial charge is 0.399 e. The second kappa shape index (κ2) is 11.8. The minimum absolute atomic E-state index is 0.0508. The molecule has 7 nitrogen and oxygen atoms in total. The van der Waals surface area contributed by atoms with Crippen molar-refractivity contribution < 1.29 is 9.63 Å². The number of carbonyl (C=O) groups excluding carboxylic acids is 1. The summed E-state index contributed by atoms with van der Waals surface area (Å²) in [5, 5.41) is 6.90. The summed E-state index contributed by atoms with van der Waals surface area (Å²) in [5.74, 6) is 0.819. The Morgan fingerprint density at radius 2 is 1.87 bits per heavy atom. The lowest BCUT2D eigenvalue weighted by molar-refractivity contribution is -0.120. The van der Waals surface area contributed by atoms with E-state index in [1.807, 2.05) is 33.8 Å². The number of amidine groups is 1. The van der Waals surface area contributed by atoms with Gasteiger partial charge in [-0.05, 0) is 44.4 Å². The number of allylic oxidation sites excluding steroid dienone is 4. The van der Waals surface area contributed by atoms with Crippen LogP contribution in [0.2, 0.25) is 0 Å². The van der Waals surface area contributed by atoms with Crippen molar-refractivity contribution >= 4 is 17.5 Å². The Hall–Kier alpha value is -3.09. The van der Waals surface area contributed by atoms with Crippen LogP contribution in [-0.2, 0) is 9.63 Å². The van der Waals surface area contributed by atoms with Crippen molar-refractivity contribution in [3.05, 3.63) is 59.5 Å². The molecule has 3 N–H and O–H groups in total. The van der Waals surface area contributed by atoms with Crippen molar-refractivity contribution in [2.24, 2.45) is 15.9 Å². The van der Waals surface area contributed by atoms with E-state index >= 15 is 0 Å². The molecule has 0 spiro atoms. The fourth-order valence-corrected chi connectivity index (χ4v) is 3.01. The quantitative estimate of drug-likeness (QED) is 0.276. The molecule has 30 heavy (non-hydrogen) atoms. The zero-order valence-electron chi connectivity index (χ0n) is 19.0. The fourth-order valence-electron chi connectivity index (χ4n) is 3.01. The number of amides is 1. The monoisotopic (exact) mass is 413 g/mol. The number of nitrogens with one attached hydrogen (secondary N) is 1. The fraction of sp³-hybridized carbons (Fsp3) is 0.435. The Morgan fingerprint density at radius 1 is 1.20 bits per heavy atom. The van der Waals surface area contributed by atoms with E-state index in [1.165, 1.54) is 7.11 Å². The molecule has 1 heterocycles. The van der Waals surface area contributed by atoms with Crippen LogP contribution >= 0.6 is 0 Å². The van der Waals surface area contributed by atoms with E-state index in [1.54, 1.807) is 0 Å². The van der Waals surface area contributed by atoms with Gasteiger partial charge in [-0.25, -0.2) is 4.99 Å². The number of rotatable bonds is 8. The van der Waals surface area contributed by atoms with Crippen LogP contribution in [0.3, 0.4) is 0 Å². The van der Waals surface area contributed by atoms with Gasteiger partial charge in [0.15, 0.2) is 0 Å². The first-order valence-corrected chi connectivity index (χ1v) is 9.95. The number of nitrogens with two attached hydrogens (primary N) is 1. The maximum atomic E-state index is 11.7. The molecule has 1 fully saturated rings. The van der Waals surface area contributed by atoms with Gasteiger partial charge in [0.25, 0.3) is 0 Å². The number of aliphatic imine (C=N–C) groups is 1.